The van der Waals surface area contributed by atoms with Crippen molar-refractivity contribution in [3.8, 4) is 11.1 Å². The molecule has 5 heteroatoms. The van der Waals surface area contributed by atoms with E-state index in [2.05, 4.69) is 5.32 Å². The van der Waals surface area contributed by atoms with Crippen molar-refractivity contribution in [1.29, 1.82) is 0 Å². The molecule has 0 atom stereocenters. The van der Waals surface area contributed by atoms with Gasteiger partial charge in [0.2, 0.25) is 6.54 Å². The van der Waals surface area contributed by atoms with Gasteiger partial charge in [-0.1, -0.05) is 42.5 Å². The Morgan fingerprint density at radius 3 is 2.24 bits per heavy atom. The number of carbonyl (C=O) groups is 2. The van der Waals surface area contributed by atoms with Crippen molar-refractivity contribution in [2.75, 3.05) is 5.32 Å². The molecule has 2 aromatic carbocycles. The topological polar surface area (TPSA) is 76.1 Å². The van der Waals surface area contributed by atoms with Gasteiger partial charge in [0, 0.05) is 11.8 Å². The maximum atomic E-state index is 12.2. The van der Waals surface area contributed by atoms with Crippen LogP contribution in [0.3, 0.4) is 0 Å². The van der Waals surface area contributed by atoms with Crippen molar-refractivity contribution in [3.05, 3.63) is 84.7 Å². The molecule has 0 unspecified atom stereocenters. The zero-order chi connectivity index (χ0) is 17.6. The smallest absolute Gasteiger partial charge is 0.290 e. The van der Waals surface area contributed by atoms with Gasteiger partial charge in [0.25, 0.3) is 11.8 Å². The summed E-state index contributed by atoms with van der Waals surface area (Å²) in [6.07, 6.45) is 3.27. The third-order valence-electron chi connectivity index (χ3n) is 3.74. The van der Waals surface area contributed by atoms with Crippen LogP contribution in [0.2, 0.25) is 0 Å². The maximum Gasteiger partial charge on any atom is 0.290 e. The van der Waals surface area contributed by atoms with Crippen molar-refractivity contribution < 1.29 is 14.2 Å². The van der Waals surface area contributed by atoms with E-state index in [0.717, 1.165) is 16.8 Å². The number of nitrogens with zero attached hydrogens (tertiary/aromatic N) is 1. The van der Waals surface area contributed by atoms with Gasteiger partial charge in [-0.05, 0) is 29.3 Å². The second kappa shape index (κ2) is 7.40. The van der Waals surface area contributed by atoms with Gasteiger partial charge in [0.05, 0.1) is 0 Å². The summed E-state index contributed by atoms with van der Waals surface area (Å²) in [6.45, 7) is 0.0988. The molecule has 3 aromatic rings. The standard InChI is InChI=1S/C20H17N3O2/c21-20(25)17-7-4-12-23(13-17)14-19(24)22-18-10-8-16(9-11-18)15-5-2-1-3-6-15/h1-13H,14H2,(H2-,21,22,24,25)/p+1. The molecule has 1 heterocycles. The number of aromatic nitrogens is 1. The number of pyridine rings is 1. The molecule has 0 radical (unpaired) electrons. The van der Waals surface area contributed by atoms with Crippen LogP contribution in [0.4, 0.5) is 5.69 Å². The Morgan fingerprint density at radius 2 is 1.56 bits per heavy atom. The molecule has 0 aliphatic carbocycles. The lowest BCUT2D eigenvalue weighted by Gasteiger charge is -2.06. The highest BCUT2D eigenvalue weighted by molar-refractivity contribution is 5.92. The average molecular weight is 332 g/mol. The van der Waals surface area contributed by atoms with Crippen LogP contribution in [0.25, 0.3) is 11.1 Å². The highest BCUT2D eigenvalue weighted by atomic mass is 16.2. The summed E-state index contributed by atoms with van der Waals surface area (Å²) in [7, 11) is 0. The van der Waals surface area contributed by atoms with Crippen LogP contribution < -0.4 is 15.6 Å². The first-order valence-electron chi connectivity index (χ1n) is 7.86. The molecule has 0 saturated heterocycles. The first kappa shape index (κ1) is 16.4. The molecule has 5 nitrogen and oxygen atoms in total. The summed E-state index contributed by atoms with van der Waals surface area (Å²) >= 11 is 0. The molecule has 0 spiro atoms. The number of primary amides is 1. The zero-order valence-corrected chi connectivity index (χ0v) is 13.6. The summed E-state index contributed by atoms with van der Waals surface area (Å²) in [5.41, 5.74) is 8.54. The monoisotopic (exact) mass is 332 g/mol. The third kappa shape index (κ3) is 4.29. The average Bonchev–Trinajstić information content (AvgIpc) is 2.63. The van der Waals surface area contributed by atoms with E-state index >= 15 is 0 Å². The van der Waals surface area contributed by atoms with Crippen molar-refractivity contribution >= 4 is 17.5 Å². The first-order chi connectivity index (χ1) is 12.1. The van der Waals surface area contributed by atoms with Gasteiger partial charge in [-0.2, -0.15) is 4.57 Å². The summed E-state index contributed by atoms with van der Waals surface area (Å²) < 4.78 is 1.62. The van der Waals surface area contributed by atoms with E-state index in [-0.39, 0.29) is 12.5 Å². The number of amides is 2. The van der Waals surface area contributed by atoms with Gasteiger partial charge < -0.3 is 11.1 Å². The summed E-state index contributed by atoms with van der Waals surface area (Å²) in [6, 6.07) is 21.0. The fraction of sp³-hybridized carbons (Fsp3) is 0.0500. The lowest BCUT2D eigenvalue weighted by Crippen LogP contribution is -2.40. The van der Waals surface area contributed by atoms with Crippen LogP contribution in [0.1, 0.15) is 10.4 Å². The molecule has 2 amide bonds. The van der Waals surface area contributed by atoms with E-state index in [1.54, 1.807) is 29.1 Å². The van der Waals surface area contributed by atoms with Crippen molar-refractivity contribution in [2.45, 2.75) is 6.54 Å². The van der Waals surface area contributed by atoms with Gasteiger partial charge in [-0.3, -0.25) is 9.59 Å². The Bertz CT molecular complexity index is 890. The third-order valence-corrected chi connectivity index (χ3v) is 3.74. The number of hydrogen-bond acceptors (Lipinski definition) is 2. The second-order valence-corrected chi connectivity index (χ2v) is 5.62. The number of nitrogens with two attached hydrogens (primary N) is 1. The molecule has 0 fully saturated rings. The number of rotatable bonds is 5. The van der Waals surface area contributed by atoms with Gasteiger partial charge in [0.1, 0.15) is 5.56 Å². The fourth-order valence-corrected chi connectivity index (χ4v) is 2.51. The summed E-state index contributed by atoms with van der Waals surface area (Å²) in [4.78, 5) is 23.4. The van der Waals surface area contributed by atoms with Crippen LogP contribution in [0.15, 0.2) is 79.1 Å². The molecule has 0 aliphatic rings. The molecule has 3 rings (SSSR count). The molecule has 1 aromatic heterocycles. The molecular weight excluding hydrogens is 314 g/mol. The molecule has 0 aliphatic heterocycles. The van der Waals surface area contributed by atoms with E-state index in [9.17, 15) is 9.59 Å². The molecular formula is C20H18N3O2+. The van der Waals surface area contributed by atoms with E-state index in [1.807, 2.05) is 54.6 Å². The number of benzene rings is 2. The largest absolute Gasteiger partial charge is 0.365 e. The quantitative estimate of drug-likeness (QED) is 0.704. The normalized spacial score (nSPS) is 10.2. The molecule has 0 bridgehead atoms. The minimum absolute atomic E-state index is 0.0988. The predicted octanol–water partition coefficient (Wildman–Crippen LogP) is 2.38. The molecule has 25 heavy (non-hydrogen) atoms. The van der Waals surface area contributed by atoms with E-state index < -0.39 is 5.91 Å². The number of hydrogen-bond donors (Lipinski definition) is 2. The van der Waals surface area contributed by atoms with Gasteiger partial charge in [0.15, 0.2) is 12.4 Å². The number of nitrogens with one attached hydrogen (secondary N) is 1. The predicted molar refractivity (Wildman–Crippen MR) is 95.7 cm³/mol. The van der Waals surface area contributed by atoms with Crippen LogP contribution in [-0.2, 0) is 11.3 Å². The highest BCUT2D eigenvalue weighted by Crippen LogP contribution is 2.20. The van der Waals surface area contributed by atoms with E-state index in [0.29, 0.717) is 5.56 Å². The zero-order valence-electron chi connectivity index (χ0n) is 13.6. The van der Waals surface area contributed by atoms with Crippen LogP contribution >= 0.6 is 0 Å². The fourth-order valence-electron chi connectivity index (χ4n) is 2.51. The molecule has 124 valence electrons. The Hall–Kier alpha value is -3.47. The summed E-state index contributed by atoms with van der Waals surface area (Å²) in [5, 5.41) is 2.84. The Morgan fingerprint density at radius 1 is 0.880 bits per heavy atom. The van der Waals surface area contributed by atoms with E-state index in [4.69, 9.17) is 5.73 Å². The lowest BCUT2D eigenvalue weighted by atomic mass is 10.1. The SMILES string of the molecule is NC(=O)c1ccc[n+](CC(=O)Nc2ccc(-c3ccccc3)cc2)c1. The Balaban J connectivity index is 1.65. The number of carbonyl (C=O) groups excluding carboxylic acids is 2. The first-order valence-corrected chi connectivity index (χ1v) is 7.86. The minimum Gasteiger partial charge on any atom is -0.365 e. The van der Waals surface area contributed by atoms with Crippen LogP contribution in [0.5, 0.6) is 0 Å². The Labute approximate surface area is 145 Å². The van der Waals surface area contributed by atoms with Crippen molar-refractivity contribution in [2.24, 2.45) is 5.73 Å². The maximum absolute atomic E-state index is 12.2. The number of anilines is 1. The lowest BCUT2D eigenvalue weighted by molar-refractivity contribution is -0.684. The van der Waals surface area contributed by atoms with Crippen molar-refractivity contribution in [1.82, 2.24) is 0 Å². The van der Waals surface area contributed by atoms with Gasteiger partial charge in [-0.15, -0.1) is 0 Å². The molecule has 0 saturated carbocycles. The van der Waals surface area contributed by atoms with Gasteiger partial charge in [-0.25, -0.2) is 0 Å². The minimum atomic E-state index is -0.522. The van der Waals surface area contributed by atoms with Crippen LogP contribution in [-0.4, -0.2) is 11.8 Å². The summed E-state index contributed by atoms with van der Waals surface area (Å²) in [5.74, 6) is -0.703. The van der Waals surface area contributed by atoms with Crippen molar-refractivity contribution in [3.63, 3.8) is 0 Å². The highest BCUT2D eigenvalue weighted by Gasteiger charge is 2.12. The van der Waals surface area contributed by atoms with Crippen LogP contribution in [0, 0.1) is 0 Å². The Kier molecular flexibility index (Phi) is 4.85. The van der Waals surface area contributed by atoms with E-state index in [1.165, 1.54) is 0 Å². The second-order valence-electron chi connectivity index (χ2n) is 5.62. The van der Waals surface area contributed by atoms with Gasteiger partial charge >= 0.3 is 0 Å². The molecule has 3 N–H and O–H groups in total.